The van der Waals surface area contributed by atoms with Gasteiger partial charge < -0.3 is 15.8 Å². The number of nitrogens with zero attached hydrogens (tertiary/aromatic N) is 2. The van der Waals surface area contributed by atoms with E-state index in [1.54, 1.807) is 12.3 Å². The van der Waals surface area contributed by atoms with Crippen molar-refractivity contribution in [1.82, 2.24) is 9.97 Å². The van der Waals surface area contributed by atoms with Gasteiger partial charge in [-0.15, -0.1) is 0 Å². The van der Waals surface area contributed by atoms with E-state index in [0.29, 0.717) is 11.5 Å². The summed E-state index contributed by atoms with van der Waals surface area (Å²) < 4.78 is 4.86. The van der Waals surface area contributed by atoms with Gasteiger partial charge in [-0.2, -0.15) is 0 Å². The molecule has 1 aromatic carbocycles. The second-order valence-corrected chi connectivity index (χ2v) is 4.65. The molecule has 2 rings (SSSR count). The zero-order valence-corrected chi connectivity index (χ0v) is 12.0. The molecule has 0 aliphatic carbocycles. The lowest BCUT2D eigenvalue weighted by molar-refractivity contribution is -0.118. The Morgan fingerprint density at radius 1 is 1.43 bits per heavy atom. The van der Waals surface area contributed by atoms with Crippen LogP contribution in [0.5, 0.6) is 0 Å². The zero-order valence-electron chi connectivity index (χ0n) is 12.0. The number of ether oxygens (including phenoxy) is 1. The van der Waals surface area contributed by atoms with Crippen LogP contribution in [0.25, 0.3) is 11.4 Å². The lowest BCUT2D eigenvalue weighted by Gasteiger charge is -2.12. The Hall–Kier alpha value is -2.31. The first-order valence-corrected chi connectivity index (χ1v) is 6.55. The van der Waals surface area contributed by atoms with Crippen LogP contribution in [0, 0.1) is 6.92 Å². The second kappa shape index (κ2) is 6.92. The van der Waals surface area contributed by atoms with Crippen LogP contribution in [0.2, 0.25) is 0 Å². The van der Waals surface area contributed by atoms with Crippen LogP contribution in [-0.2, 0) is 9.53 Å². The van der Waals surface area contributed by atoms with Gasteiger partial charge in [0.1, 0.15) is 6.04 Å². The van der Waals surface area contributed by atoms with Crippen molar-refractivity contribution in [2.75, 3.05) is 19.0 Å². The molecule has 1 atom stereocenters. The average Bonchev–Trinajstić information content (AvgIpc) is 2.48. The van der Waals surface area contributed by atoms with Crippen LogP contribution >= 0.6 is 0 Å². The molecule has 0 radical (unpaired) electrons. The third-order valence-corrected chi connectivity index (χ3v) is 2.87. The summed E-state index contributed by atoms with van der Waals surface area (Å²) in [5.41, 5.74) is 8.05. The fourth-order valence-electron chi connectivity index (χ4n) is 1.81. The Balaban J connectivity index is 2.16. The van der Waals surface area contributed by atoms with E-state index in [-0.39, 0.29) is 12.5 Å². The highest BCUT2D eigenvalue weighted by Gasteiger charge is 2.13. The first-order chi connectivity index (χ1) is 10.1. The van der Waals surface area contributed by atoms with Crippen LogP contribution < -0.4 is 11.1 Å². The molecule has 1 heterocycles. The Kier molecular flexibility index (Phi) is 4.97. The van der Waals surface area contributed by atoms with Crippen molar-refractivity contribution in [1.29, 1.82) is 0 Å². The van der Waals surface area contributed by atoms with Gasteiger partial charge in [-0.1, -0.05) is 12.1 Å². The number of nitrogens with two attached hydrogens (primary N) is 1. The first-order valence-electron chi connectivity index (χ1n) is 6.55. The predicted molar refractivity (Wildman–Crippen MR) is 80.7 cm³/mol. The molecule has 1 amide bonds. The number of rotatable bonds is 5. The van der Waals surface area contributed by atoms with Crippen molar-refractivity contribution in [3.05, 3.63) is 42.2 Å². The van der Waals surface area contributed by atoms with Crippen LogP contribution in [0.3, 0.4) is 0 Å². The number of aromatic nitrogens is 2. The predicted octanol–water partition coefficient (Wildman–Crippen LogP) is 1.36. The number of anilines is 1. The number of hydrogen-bond acceptors (Lipinski definition) is 5. The van der Waals surface area contributed by atoms with Crippen molar-refractivity contribution < 1.29 is 9.53 Å². The van der Waals surface area contributed by atoms with Gasteiger partial charge >= 0.3 is 0 Å². The maximum atomic E-state index is 11.9. The third kappa shape index (κ3) is 4.08. The van der Waals surface area contributed by atoms with E-state index in [1.807, 2.05) is 31.2 Å². The Bertz CT molecular complexity index is 631. The van der Waals surface area contributed by atoms with Crippen molar-refractivity contribution in [2.24, 2.45) is 5.73 Å². The molecule has 0 aliphatic heterocycles. The molecular formula is C15H18N4O2. The van der Waals surface area contributed by atoms with Gasteiger partial charge in [0.15, 0.2) is 5.82 Å². The van der Waals surface area contributed by atoms with E-state index < -0.39 is 6.04 Å². The van der Waals surface area contributed by atoms with E-state index in [9.17, 15) is 4.79 Å². The number of carbonyl (C=O) groups is 1. The number of aryl methyl sites for hydroxylation is 1. The van der Waals surface area contributed by atoms with Crippen LogP contribution in [0.15, 0.2) is 36.5 Å². The summed E-state index contributed by atoms with van der Waals surface area (Å²) >= 11 is 0. The van der Waals surface area contributed by atoms with Gasteiger partial charge in [0.05, 0.1) is 6.61 Å². The highest BCUT2D eigenvalue weighted by molar-refractivity contribution is 5.95. The van der Waals surface area contributed by atoms with Crippen LogP contribution in [0.4, 0.5) is 5.69 Å². The molecule has 0 fully saturated rings. The molecular weight excluding hydrogens is 268 g/mol. The minimum atomic E-state index is -0.700. The molecule has 2 aromatic rings. The molecule has 110 valence electrons. The molecule has 0 spiro atoms. The summed E-state index contributed by atoms with van der Waals surface area (Å²) in [5, 5.41) is 2.75. The largest absolute Gasteiger partial charge is 0.383 e. The number of amides is 1. The van der Waals surface area contributed by atoms with Crippen LogP contribution in [-0.4, -0.2) is 35.6 Å². The summed E-state index contributed by atoms with van der Waals surface area (Å²) in [4.78, 5) is 20.4. The monoisotopic (exact) mass is 286 g/mol. The van der Waals surface area contributed by atoms with Crippen molar-refractivity contribution in [2.45, 2.75) is 13.0 Å². The SMILES string of the molecule is COCC(N)C(=O)Nc1cccc(-c2nccc(C)n2)c1. The van der Waals surface area contributed by atoms with E-state index in [4.69, 9.17) is 10.5 Å². The smallest absolute Gasteiger partial charge is 0.243 e. The van der Waals surface area contributed by atoms with E-state index in [1.165, 1.54) is 7.11 Å². The number of methoxy groups -OCH3 is 1. The number of nitrogens with one attached hydrogen (secondary N) is 1. The first kappa shape index (κ1) is 15.1. The number of benzene rings is 1. The summed E-state index contributed by atoms with van der Waals surface area (Å²) in [5.74, 6) is 0.325. The fourth-order valence-corrected chi connectivity index (χ4v) is 1.81. The normalized spacial score (nSPS) is 12.0. The standard InChI is InChI=1S/C15H18N4O2/c1-10-6-7-17-14(18-10)11-4-3-5-12(8-11)19-15(20)13(16)9-21-2/h3-8,13H,9,16H2,1-2H3,(H,19,20). The minimum absolute atomic E-state index is 0.173. The van der Waals surface area contributed by atoms with Gasteiger partial charge in [-0.25, -0.2) is 9.97 Å². The summed E-state index contributed by atoms with van der Waals surface area (Å²) in [7, 11) is 1.50. The summed E-state index contributed by atoms with van der Waals surface area (Å²) in [6.07, 6.45) is 1.71. The molecule has 1 aromatic heterocycles. The lowest BCUT2D eigenvalue weighted by atomic mass is 10.1. The molecule has 0 saturated carbocycles. The molecule has 6 nitrogen and oxygen atoms in total. The maximum absolute atomic E-state index is 11.9. The average molecular weight is 286 g/mol. The highest BCUT2D eigenvalue weighted by atomic mass is 16.5. The van der Waals surface area contributed by atoms with Gasteiger partial charge in [0, 0.05) is 30.3 Å². The number of carbonyl (C=O) groups excluding carboxylic acids is 1. The van der Waals surface area contributed by atoms with E-state index >= 15 is 0 Å². The molecule has 0 bridgehead atoms. The third-order valence-electron chi connectivity index (χ3n) is 2.87. The van der Waals surface area contributed by atoms with E-state index in [0.717, 1.165) is 11.3 Å². The molecule has 6 heteroatoms. The van der Waals surface area contributed by atoms with Gasteiger partial charge in [-0.05, 0) is 25.1 Å². The molecule has 0 aliphatic rings. The summed E-state index contributed by atoms with van der Waals surface area (Å²) in [6, 6.07) is 8.45. The molecule has 21 heavy (non-hydrogen) atoms. The van der Waals surface area contributed by atoms with Gasteiger partial charge in [0.25, 0.3) is 0 Å². The zero-order chi connectivity index (χ0) is 15.2. The van der Waals surface area contributed by atoms with Crippen molar-refractivity contribution in [3.63, 3.8) is 0 Å². The lowest BCUT2D eigenvalue weighted by Crippen LogP contribution is -2.39. The Labute approximate surface area is 123 Å². The van der Waals surface area contributed by atoms with Gasteiger partial charge in [0.2, 0.25) is 5.91 Å². The van der Waals surface area contributed by atoms with Crippen LogP contribution in [0.1, 0.15) is 5.69 Å². The van der Waals surface area contributed by atoms with Gasteiger partial charge in [-0.3, -0.25) is 4.79 Å². The maximum Gasteiger partial charge on any atom is 0.243 e. The molecule has 0 saturated heterocycles. The second-order valence-electron chi connectivity index (χ2n) is 4.65. The molecule has 1 unspecified atom stereocenters. The fraction of sp³-hybridized carbons (Fsp3) is 0.267. The van der Waals surface area contributed by atoms with E-state index in [2.05, 4.69) is 15.3 Å². The Morgan fingerprint density at radius 3 is 2.95 bits per heavy atom. The summed E-state index contributed by atoms with van der Waals surface area (Å²) in [6.45, 7) is 2.08. The number of hydrogen-bond donors (Lipinski definition) is 2. The van der Waals surface area contributed by atoms with Crippen molar-refractivity contribution >= 4 is 11.6 Å². The molecule has 3 N–H and O–H groups in total. The minimum Gasteiger partial charge on any atom is -0.383 e. The Morgan fingerprint density at radius 2 is 2.24 bits per heavy atom. The topological polar surface area (TPSA) is 90.1 Å². The quantitative estimate of drug-likeness (QED) is 0.866. The highest BCUT2D eigenvalue weighted by Crippen LogP contribution is 2.19. The van der Waals surface area contributed by atoms with Crippen molar-refractivity contribution in [3.8, 4) is 11.4 Å².